The maximum atomic E-state index is 9.49. The number of fused-ring (bicyclic) bond motifs is 1. The molecule has 1 heterocycles. The lowest BCUT2D eigenvalue weighted by molar-refractivity contribution is -0.104. The molecule has 0 aromatic heterocycles. The van der Waals surface area contributed by atoms with Crippen LogP contribution in [0, 0.1) is 0 Å². The summed E-state index contributed by atoms with van der Waals surface area (Å²) in [6, 6.07) is 7.69. The number of hydrogen-bond donors (Lipinski definition) is 1. The quantitative estimate of drug-likeness (QED) is 0.604. The highest BCUT2D eigenvalue weighted by Gasteiger charge is 2.31. The molecule has 1 atom stereocenters. The predicted molar refractivity (Wildman–Crippen MR) is 41.4 cm³/mol. The molecule has 1 N–H and O–H groups in total. The number of rotatable bonds is 0. The molecule has 1 aliphatic rings. The van der Waals surface area contributed by atoms with E-state index in [2.05, 4.69) is 0 Å². The van der Waals surface area contributed by atoms with Crippen LogP contribution in [-0.4, -0.2) is 10.9 Å². The molecule has 0 radical (unpaired) electrons. The Kier molecular flexibility index (Phi) is 1.20. The van der Waals surface area contributed by atoms with Crippen molar-refractivity contribution >= 4 is 0 Å². The molecule has 0 spiro atoms. The van der Waals surface area contributed by atoms with Crippen molar-refractivity contribution < 1.29 is 9.84 Å². The summed E-state index contributed by atoms with van der Waals surface area (Å²) in [7, 11) is 0. The van der Waals surface area contributed by atoms with E-state index in [4.69, 9.17) is 4.74 Å². The van der Waals surface area contributed by atoms with Crippen molar-refractivity contribution in [3.05, 3.63) is 29.8 Å². The molecular formula is C9H10O2. The van der Waals surface area contributed by atoms with Crippen molar-refractivity contribution in [2.75, 3.05) is 0 Å². The van der Waals surface area contributed by atoms with Crippen molar-refractivity contribution in [3.63, 3.8) is 0 Å². The zero-order valence-electron chi connectivity index (χ0n) is 6.37. The molecule has 0 saturated heterocycles. The predicted octanol–water partition coefficient (Wildman–Crippen LogP) is 1.33. The Labute approximate surface area is 65.4 Å². The Hall–Kier alpha value is -1.02. The van der Waals surface area contributed by atoms with Gasteiger partial charge in [-0.3, -0.25) is 0 Å². The second-order valence-electron chi connectivity index (χ2n) is 3.06. The molecule has 11 heavy (non-hydrogen) atoms. The Morgan fingerprint density at radius 2 is 2.18 bits per heavy atom. The maximum Gasteiger partial charge on any atom is 0.209 e. The fraction of sp³-hybridized carbons (Fsp3) is 0.333. The summed E-state index contributed by atoms with van der Waals surface area (Å²) in [4.78, 5) is 0. The van der Waals surface area contributed by atoms with E-state index in [1.807, 2.05) is 24.3 Å². The first kappa shape index (κ1) is 6.68. The second-order valence-corrected chi connectivity index (χ2v) is 3.06. The Balaban J connectivity index is 2.41. The van der Waals surface area contributed by atoms with Crippen LogP contribution >= 0.6 is 0 Å². The summed E-state index contributed by atoms with van der Waals surface area (Å²) < 4.78 is 5.25. The first-order valence-electron chi connectivity index (χ1n) is 3.67. The van der Waals surface area contributed by atoms with Crippen LogP contribution in [0.5, 0.6) is 5.75 Å². The highest BCUT2D eigenvalue weighted by atomic mass is 16.6. The van der Waals surface area contributed by atoms with Crippen molar-refractivity contribution in [2.45, 2.75) is 19.1 Å². The molecule has 1 aromatic carbocycles. The van der Waals surface area contributed by atoms with Gasteiger partial charge in [0.25, 0.3) is 0 Å². The number of hydrogen-bond acceptors (Lipinski definition) is 2. The van der Waals surface area contributed by atoms with Gasteiger partial charge in [-0.25, -0.2) is 0 Å². The van der Waals surface area contributed by atoms with Gasteiger partial charge < -0.3 is 9.84 Å². The van der Waals surface area contributed by atoms with E-state index >= 15 is 0 Å². The molecule has 0 amide bonds. The third-order valence-corrected chi connectivity index (χ3v) is 1.82. The third-order valence-electron chi connectivity index (χ3n) is 1.82. The second kappa shape index (κ2) is 1.98. The van der Waals surface area contributed by atoms with Crippen LogP contribution in [0.15, 0.2) is 24.3 Å². The van der Waals surface area contributed by atoms with Crippen molar-refractivity contribution in [3.8, 4) is 5.75 Å². The molecule has 2 heteroatoms. The van der Waals surface area contributed by atoms with E-state index in [9.17, 15) is 5.11 Å². The Morgan fingerprint density at radius 3 is 2.91 bits per heavy atom. The van der Waals surface area contributed by atoms with Crippen LogP contribution in [0.2, 0.25) is 0 Å². The number of ether oxygens (including phenoxy) is 1. The van der Waals surface area contributed by atoms with E-state index in [0.29, 0.717) is 6.42 Å². The lowest BCUT2D eigenvalue weighted by Crippen LogP contribution is -2.28. The number of benzene rings is 1. The fourth-order valence-corrected chi connectivity index (χ4v) is 1.38. The van der Waals surface area contributed by atoms with Gasteiger partial charge in [0.05, 0.1) is 0 Å². The molecule has 1 aromatic rings. The molecule has 1 aliphatic heterocycles. The van der Waals surface area contributed by atoms with Crippen LogP contribution in [0.25, 0.3) is 0 Å². The summed E-state index contributed by atoms with van der Waals surface area (Å²) >= 11 is 0. The summed E-state index contributed by atoms with van der Waals surface area (Å²) in [5, 5.41) is 9.49. The van der Waals surface area contributed by atoms with Gasteiger partial charge in [-0.05, 0) is 6.07 Å². The van der Waals surface area contributed by atoms with E-state index in [-0.39, 0.29) is 0 Å². The summed E-state index contributed by atoms with van der Waals surface area (Å²) in [5.74, 6) is -0.193. The highest BCUT2D eigenvalue weighted by Crippen LogP contribution is 2.32. The van der Waals surface area contributed by atoms with E-state index < -0.39 is 5.79 Å². The van der Waals surface area contributed by atoms with Gasteiger partial charge in [0.15, 0.2) is 0 Å². The van der Waals surface area contributed by atoms with Gasteiger partial charge in [-0.1, -0.05) is 18.2 Å². The van der Waals surface area contributed by atoms with E-state index in [0.717, 1.165) is 11.3 Å². The molecule has 0 aliphatic carbocycles. The summed E-state index contributed by atoms with van der Waals surface area (Å²) in [6.07, 6.45) is 0.586. The Morgan fingerprint density at radius 1 is 1.45 bits per heavy atom. The number of para-hydroxylation sites is 1. The van der Waals surface area contributed by atoms with E-state index in [1.54, 1.807) is 6.92 Å². The monoisotopic (exact) mass is 150 g/mol. The minimum absolute atomic E-state index is 0.586. The zero-order valence-corrected chi connectivity index (χ0v) is 6.37. The van der Waals surface area contributed by atoms with Gasteiger partial charge in [0.1, 0.15) is 5.75 Å². The summed E-state index contributed by atoms with van der Waals surface area (Å²) in [6.45, 7) is 1.67. The van der Waals surface area contributed by atoms with Crippen LogP contribution in [0.1, 0.15) is 12.5 Å². The standard InChI is InChI=1S/C9H10O2/c1-9(10)6-7-4-2-3-5-8(7)11-9/h2-5,10H,6H2,1H3. The summed E-state index contributed by atoms with van der Waals surface area (Å²) in [5.41, 5.74) is 1.08. The first-order valence-corrected chi connectivity index (χ1v) is 3.67. The highest BCUT2D eigenvalue weighted by molar-refractivity contribution is 5.37. The molecule has 2 rings (SSSR count). The SMILES string of the molecule is CC1(O)Cc2ccccc2O1. The van der Waals surface area contributed by atoms with Crippen LogP contribution in [-0.2, 0) is 6.42 Å². The van der Waals surface area contributed by atoms with E-state index in [1.165, 1.54) is 0 Å². The lowest BCUT2D eigenvalue weighted by atomic mass is 10.1. The van der Waals surface area contributed by atoms with Crippen molar-refractivity contribution in [1.82, 2.24) is 0 Å². The fourth-order valence-electron chi connectivity index (χ4n) is 1.38. The number of aliphatic hydroxyl groups is 1. The maximum absolute atomic E-state index is 9.49. The molecule has 0 bridgehead atoms. The molecular weight excluding hydrogens is 140 g/mol. The van der Waals surface area contributed by atoms with Gasteiger partial charge in [-0.15, -0.1) is 0 Å². The molecule has 1 unspecified atom stereocenters. The van der Waals surface area contributed by atoms with Crippen molar-refractivity contribution in [1.29, 1.82) is 0 Å². The molecule has 2 nitrogen and oxygen atoms in total. The first-order chi connectivity index (χ1) is 5.17. The van der Waals surface area contributed by atoms with Gasteiger partial charge in [-0.2, -0.15) is 0 Å². The van der Waals surface area contributed by atoms with Crippen LogP contribution < -0.4 is 4.74 Å². The normalized spacial score (nSPS) is 27.8. The van der Waals surface area contributed by atoms with Gasteiger partial charge >= 0.3 is 0 Å². The third kappa shape index (κ3) is 1.10. The molecule has 58 valence electrons. The van der Waals surface area contributed by atoms with Crippen LogP contribution in [0.3, 0.4) is 0 Å². The minimum Gasteiger partial charge on any atom is -0.462 e. The Bertz CT molecular complexity index is 252. The largest absolute Gasteiger partial charge is 0.462 e. The lowest BCUT2D eigenvalue weighted by Gasteiger charge is -2.14. The molecule has 0 fully saturated rings. The zero-order chi connectivity index (χ0) is 7.90. The van der Waals surface area contributed by atoms with Gasteiger partial charge in [0.2, 0.25) is 5.79 Å². The van der Waals surface area contributed by atoms with Gasteiger partial charge in [0, 0.05) is 18.9 Å². The average Bonchev–Trinajstić information content (AvgIpc) is 2.21. The smallest absolute Gasteiger partial charge is 0.209 e. The van der Waals surface area contributed by atoms with Crippen LogP contribution in [0.4, 0.5) is 0 Å². The van der Waals surface area contributed by atoms with Crippen molar-refractivity contribution in [2.24, 2.45) is 0 Å². The minimum atomic E-state index is -0.996. The molecule has 0 saturated carbocycles. The average molecular weight is 150 g/mol. The topological polar surface area (TPSA) is 29.5 Å².